The molecule has 5 heteroatoms. The Hall–Kier alpha value is -1.36. The molecule has 1 aromatic rings. The predicted molar refractivity (Wildman–Crippen MR) is 61.0 cm³/mol. The van der Waals surface area contributed by atoms with Gasteiger partial charge in [-0.05, 0) is 12.3 Å². The van der Waals surface area contributed by atoms with Gasteiger partial charge in [-0.25, -0.2) is 0 Å². The molecular weight excluding hydrogens is 206 g/mol. The van der Waals surface area contributed by atoms with E-state index in [0.29, 0.717) is 12.2 Å². The van der Waals surface area contributed by atoms with Crippen LogP contribution in [0.25, 0.3) is 0 Å². The lowest BCUT2D eigenvalue weighted by Crippen LogP contribution is -2.48. The maximum atomic E-state index is 11.8. The van der Waals surface area contributed by atoms with Gasteiger partial charge in [-0.2, -0.15) is 0 Å². The molecule has 16 heavy (non-hydrogen) atoms. The number of aromatic nitrogens is 1. The Kier molecular flexibility index (Phi) is 3.70. The fourth-order valence-corrected chi connectivity index (χ4v) is 1.33. The molecule has 90 valence electrons. The molecule has 0 aliphatic rings. The van der Waals surface area contributed by atoms with E-state index in [2.05, 4.69) is 10.5 Å². The third-order valence-electron chi connectivity index (χ3n) is 2.44. The molecule has 0 spiro atoms. The average Bonchev–Trinajstić information content (AvgIpc) is 2.59. The van der Waals surface area contributed by atoms with Crippen molar-refractivity contribution in [3.63, 3.8) is 0 Å². The second-order valence-electron chi connectivity index (χ2n) is 4.96. The van der Waals surface area contributed by atoms with E-state index in [1.807, 2.05) is 20.8 Å². The molecule has 1 atom stereocenters. The SMILES string of the molecule is Cc1cc(C(=O)NC(CN)C(C)(C)C)on1. The number of carbonyl (C=O) groups excluding carboxylic acids is 1. The zero-order valence-corrected chi connectivity index (χ0v) is 10.2. The zero-order valence-electron chi connectivity index (χ0n) is 10.2. The quantitative estimate of drug-likeness (QED) is 0.806. The van der Waals surface area contributed by atoms with Crippen molar-refractivity contribution >= 4 is 5.91 Å². The molecule has 0 fully saturated rings. The summed E-state index contributed by atoms with van der Waals surface area (Å²) in [6.07, 6.45) is 0. The lowest BCUT2D eigenvalue weighted by atomic mass is 9.87. The molecule has 0 bridgehead atoms. The van der Waals surface area contributed by atoms with Gasteiger partial charge >= 0.3 is 0 Å². The van der Waals surface area contributed by atoms with Crippen molar-refractivity contribution in [3.8, 4) is 0 Å². The first-order valence-electron chi connectivity index (χ1n) is 5.29. The van der Waals surface area contributed by atoms with Crippen molar-refractivity contribution in [2.75, 3.05) is 6.54 Å². The maximum Gasteiger partial charge on any atom is 0.290 e. The number of carbonyl (C=O) groups is 1. The molecule has 1 rings (SSSR count). The van der Waals surface area contributed by atoms with Gasteiger partial charge in [-0.1, -0.05) is 25.9 Å². The summed E-state index contributed by atoms with van der Waals surface area (Å²) in [5.74, 6) is -0.0498. The normalized spacial score (nSPS) is 13.6. The summed E-state index contributed by atoms with van der Waals surface area (Å²) < 4.78 is 4.88. The minimum absolute atomic E-state index is 0.0839. The first kappa shape index (κ1) is 12.7. The number of aryl methyl sites for hydroxylation is 1. The number of nitrogens with zero attached hydrogens (tertiary/aromatic N) is 1. The van der Waals surface area contributed by atoms with Gasteiger partial charge in [0.05, 0.1) is 5.69 Å². The van der Waals surface area contributed by atoms with Crippen LogP contribution in [0.4, 0.5) is 0 Å². The van der Waals surface area contributed by atoms with E-state index in [0.717, 1.165) is 0 Å². The van der Waals surface area contributed by atoms with E-state index in [-0.39, 0.29) is 23.1 Å². The van der Waals surface area contributed by atoms with Gasteiger partial charge in [0.25, 0.3) is 5.91 Å². The topological polar surface area (TPSA) is 81.2 Å². The van der Waals surface area contributed by atoms with Crippen molar-refractivity contribution in [3.05, 3.63) is 17.5 Å². The van der Waals surface area contributed by atoms with Crippen molar-refractivity contribution in [1.82, 2.24) is 10.5 Å². The molecule has 1 amide bonds. The van der Waals surface area contributed by atoms with Crippen LogP contribution in [0.2, 0.25) is 0 Å². The number of nitrogens with one attached hydrogen (secondary N) is 1. The summed E-state index contributed by atoms with van der Waals surface area (Å²) in [5, 5.41) is 6.50. The molecule has 0 aromatic carbocycles. The smallest absolute Gasteiger partial charge is 0.290 e. The van der Waals surface area contributed by atoms with Gasteiger partial charge in [-0.3, -0.25) is 4.79 Å². The van der Waals surface area contributed by atoms with Gasteiger partial charge in [-0.15, -0.1) is 0 Å². The summed E-state index contributed by atoms with van der Waals surface area (Å²) in [5.41, 5.74) is 6.23. The molecular formula is C11H19N3O2. The van der Waals surface area contributed by atoms with Crippen LogP contribution in [0.1, 0.15) is 37.0 Å². The largest absolute Gasteiger partial charge is 0.351 e. The van der Waals surface area contributed by atoms with Crippen LogP contribution in [0.15, 0.2) is 10.6 Å². The molecule has 5 nitrogen and oxygen atoms in total. The molecule has 0 saturated heterocycles. The Balaban J connectivity index is 2.70. The van der Waals surface area contributed by atoms with E-state index in [1.165, 1.54) is 0 Å². The van der Waals surface area contributed by atoms with Crippen molar-refractivity contribution in [2.45, 2.75) is 33.7 Å². The number of nitrogens with two attached hydrogens (primary N) is 1. The van der Waals surface area contributed by atoms with E-state index >= 15 is 0 Å². The maximum absolute atomic E-state index is 11.8. The molecule has 3 N–H and O–H groups in total. The minimum Gasteiger partial charge on any atom is -0.351 e. The third kappa shape index (κ3) is 3.06. The minimum atomic E-state index is -0.272. The van der Waals surface area contributed by atoms with Crippen LogP contribution >= 0.6 is 0 Å². The third-order valence-corrected chi connectivity index (χ3v) is 2.44. The zero-order chi connectivity index (χ0) is 12.3. The van der Waals surface area contributed by atoms with Crippen molar-refractivity contribution in [1.29, 1.82) is 0 Å². The summed E-state index contributed by atoms with van der Waals surface area (Å²) in [4.78, 5) is 11.8. The van der Waals surface area contributed by atoms with Crippen LogP contribution in [0.5, 0.6) is 0 Å². The van der Waals surface area contributed by atoms with Gasteiger partial charge in [0.1, 0.15) is 0 Å². The molecule has 0 radical (unpaired) electrons. The molecule has 1 heterocycles. The van der Waals surface area contributed by atoms with Crippen LogP contribution in [0, 0.1) is 12.3 Å². The fraction of sp³-hybridized carbons (Fsp3) is 0.636. The lowest BCUT2D eigenvalue weighted by molar-refractivity contribution is 0.0868. The van der Waals surface area contributed by atoms with Crippen molar-refractivity contribution < 1.29 is 9.32 Å². The highest BCUT2D eigenvalue weighted by Gasteiger charge is 2.26. The van der Waals surface area contributed by atoms with Crippen LogP contribution in [-0.4, -0.2) is 23.7 Å². The summed E-state index contributed by atoms with van der Waals surface area (Å²) in [7, 11) is 0. The van der Waals surface area contributed by atoms with E-state index in [9.17, 15) is 4.79 Å². The Morgan fingerprint density at radius 2 is 2.25 bits per heavy atom. The fourth-order valence-electron chi connectivity index (χ4n) is 1.33. The predicted octanol–water partition coefficient (Wildman–Crippen LogP) is 1.09. The Bertz CT molecular complexity index is 366. The number of rotatable bonds is 3. The average molecular weight is 225 g/mol. The summed E-state index contributed by atoms with van der Waals surface area (Å²) >= 11 is 0. The molecule has 1 aromatic heterocycles. The second-order valence-corrected chi connectivity index (χ2v) is 4.96. The molecule has 0 saturated carbocycles. The number of amides is 1. The van der Waals surface area contributed by atoms with Gasteiger partial charge in [0, 0.05) is 18.7 Å². The van der Waals surface area contributed by atoms with E-state index in [1.54, 1.807) is 13.0 Å². The Morgan fingerprint density at radius 3 is 2.62 bits per heavy atom. The second kappa shape index (κ2) is 4.65. The van der Waals surface area contributed by atoms with Crippen LogP contribution in [0.3, 0.4) is 0 Å². The summed E-state index contributed by atoms with van der Waals surface area (Å²) in [6, 6.07) is 1.51. The lowest BCUT2D eigenvalue weighted by Gasteiger charge is -2.29. The van der Waals surface area contributed by atoms with Gasteiger partial charge < -0.3 is 15.6 Å². The summed E-state index contributed by atoms with van der Waals surface area (Å²) in [6.45, 7) is 8.23. The Morgan fingerprint density at radius 1 is 1.62 bits per heavy atom. The van der Waals surface area contributed by atoms with Crippen LogP contribution in [-0.2, 0) is 0 Å². The Labute approximate surface area is 95.4 Å². The van der Waals surface area contributed by atoms with Crippen LogP contribution < -0.4 is 11.1 Å². The first-order valence-corrected chi connectivity index (χ1v) is 5.29. The standard InChI is InChI=1S/C11H19N3O2/c1-7-5-8(16-14-7)10(15)13-9(6-12)11(2,3)4/h5,9H,6,12H2,1-4H3,(H,13,15). The molecule has 1 unspecified atom stereocenters. The number of hydrogen-bond donors (Lipinski definition) is 2. The van der Waals surface area contributed by atoms with Gasteiger partial charge in [0.2, 0.25) is 5.76 Å². The first-order chi connectivity index (χ1) is 7.34. The van der Waals surface area contributed by atoms with E-state index in [4.69, 9.17) is 10.3 Å². The molecule has 0 aliphatic carbocycles. The number of hydrogen-bond acceptors (Lipinski definition) is 4. The monoisotopic (exact) mass is 225 g/mol. The van der Waals surface area contributed by atoms with Crippen molar-refractivity contribution in [2.24, 2.45) is 11.1 Å². The highest BCUT2D eigenvalue weighted by molar-refractivity contribution is 5.91. The highest BCUT2D eigenvalue weighted by Crippen LogP contribution is 2.18. The molecule has 0 aliphatic heterocycles. The van der Waals surface area contributed by atoms with E-state index < -0.39 is 0 Å². The highest BCUT2D eigenvalue weighted by atomic mass is 16.5. The van der Waals surface area contributed by atoms with Gasteiger partial charge in [0.15, 0.2) is 0 Å².